The van der Waals surface area contributed by atoms with Crippen LogP contribution in [-0.2, 0) is 14.3 Å². The highest BCUT2D eigenvalue weighted by Gasteiger charge is 2.31. The van der Waals surface area contributed by atoms with Gasteiger partial charge in [-0.3, -0.25) is 0 Å². The first-order chi connectivity index (χ1) is 9.25. The Hall–Kier alpha value is -1.66. The Bertz CT molecular complexity index is 392. The van der Waals surface area contributed by atoms with Gasteiger partial charge < -0.3 is 20.1 Å². The van der Waals surface area contributed by atoms with Crippen LogP contribution in [0.15, 0.2) is 23.3 Å². The van der Waals surface area contributed by atoms with Gasteiger partial charge in [0.25, 0.3) is 0 Å². The number of allylic oxidation sites excluding steroid dienone is 3. The molecule has 20 heavy (non-hydrogen) atoms. The van der Waals surface area contributed by atoms with Crippen molar-refractivity contribution in [1.82, 2.24) is 0 Å². The minimum atomic E-state index is -2.18. The van der Waals surface area contributed by atoms with E-state index in [1.54, 1.807) is 6.08 Å². The number of aliphatic carboxylic acids is 1. The number of aliphatic hydroxyl groups is 2. The molecule has 0 spiro atoms. The van der Waals surface area contributed by atoms with Gasteiger partial charge in [0.2, 0.25) is 0 Å². The Morgan fingerprint density at radius 3 is 2.20 bits per heavy atom. The molecule has 0 aromatic heterocycles. The highest BCUT2D eigenvalue weighted by molar-refractivity contribution is 5.84. The fraction of sp³-hybridized carbons (Fsp3) is 0.571. The first kappa shape index (κ1) is 18.3. The number of carboxylic acid groups (broad SMARTS) is 1. The van der Waals surface area contributed by atoms with Gasteiger partial charge in [0.1, 0.15) is 6.61 Å². The van der Waals surface area contributed by atoms with E-state index in [1.165, 1.54) is 5.57 Å². The Labute approximate surface area is 118 Å². The number of carbonyl (C=O) groups is 2. The van der Waals surface area contributed by atoms with E-state index in [4.69, 9.17) is 10.2 Å². The van der Waals surface area contributed by atoms with E-state index in [1.807, 2.05) is 20.8 Å². The van der Waals surface area contributed by atoms with E-state index < -0.39 is 24.1 Å². The van der Waals surface area contributed by atoms with Crippen LogP contribution in [0.3, 0.4) is 0 Å². The van der Waals surface area contributed by atoms with Crippen molar-refractivity contribution in [1.29, 1.82) is 0 Å². The summed E-state index contributed by atoms with van der Waals surface area (Å²) in [6.07, 6.45) is 1.23. The predicted octanol–water partition coefficient (Wildman–Crippen LogP) is 1.03. The molecule has 0 saturated carbocycles. The molecule has 0 saturated heterocycles. The molecule has 0 bridgehead atoms. The van der Waals surface area contributed by atoms with Crippen molar-refractivity contribution in [3.63, 3.8) is 0 Å². The standard InChI is InChI=1S/C14H22O6/c1-9(2)5-4-6-10(3)7-8-20-14(19)12(16)11(15)13(17)18/h5,7,11-12,15-16H,4,6,8H2,1-3H3,(H,17,18)/b10-7+. The Morgan fingerprint density at radius 2 is 1.70 bits per heavy atom. The molecule has 0 aromatic rings. The van der Waals surface area contributed by atoms with E-state index in [2.05, 4.69) is 10.8 Å². The van der Waals surface area contributed by atoms with Crippen molar-refractivity contribution >= 4 is 11.9 Å². The minimum absolute atomic E-state index is 0.0666. The molecule has 6 nitrogen and oxygen atoms in total. The van der Waals surface area contributed by atoms with E-state index in [0.29, 0.717) is 0 Å². The quantitative estimate of drug-likeness (QED) is 0.455. The summed E-state index contributed by atoms with van der Waals surface area (Å²) < 4.78 is 4.67. The van der Waals surface area contributed by atoms with Gasteiger partial charge in [-0.05, 0) is 39.7 Å². The third-order valence-corrected chi connectivity index (χ3v) is 2.54. The number of hydrogen-bond donors (Lipinski definition) is 3. The number of ether oxygens (including phenoxy) is 1. The Kier molecular flexibility index (Phi) is 8.51. The average Bonchev–Trinajstić information content (AvgIpc) is 2.36. The van der Waals surface area contributed by atoms with Gasteiger partial charge in [0.05, 0.1) is 0 Å². The van der Waals surface area contributed by atoms with Gasteiger partial charge in [-0.15, -0.1) is 0 Å². The molecule has 0 aromatic carbocycles. The summed E-state index contributed by atoms with van der Waals surface area (Å²) in [5.41, 5.74) is 2.25. The van der Waals surface area contributed by atoms with Gasteiger partial charge in [-0.2, -0.15) is 0 Å². The van der Waals surface area contributed by atoms with Crippen molar-refractivity contribution in [2.24, 2.45) is 0 Å². The molecule has 114 valence electrons. The lowest BCUT2D eigenvalue weighted by atomic mass is 10.1. The van der Waals surface area contributed by atoms with Crippen molar-refractivity contribution in [3.8, 4) is 0 Å². The molecular weight excluding hydrogens is 264 g/mol. The molecule has 0 heterocycles. The number of aliphatic hydroxyl groups excluding tert-OH is 2. The first-order valence-electron chi connectivity index (χ1n) is 6.30. The third-order valence-electron chi connectivity index (χ3n) is 2.54. The zero-order valence-corrected chi connectivity index (χ0v) is 12.0. The molecule has 0 fully saturated rings. The number of carboxylic acids is 1. The molecular formula is C14H22O6. The number of hydrogen-bond acceptors (Lipinski definition) is 5. The number of rotatable bonds is 8. The molecule has 6 heteroatoms. The highest BCUT2D eigenvalue weighted by atomic mass is 16.5. The number of esters is 1. The summed E-state index contributed by atoms with van der Waals surface area (Å²) in [4.78, 5) is 21.6. The van der Waals surface area contributed by atoms with Crippen LogP contribution in [0.25, 0.3) is 0 Å². The van der Waals surface area contributed by atoms with E-state index in [-0.39, 0.29) is 6.61 Å². The van der Waals surface area contributed by atoms with E-state index in [9.17, 15) is 14.7 Å². The van der Waals surface area contributed by atoms with Crippen LogP contribution in [0, 0.1) is 0 Å². The lowest BCUT2D eigenvalue weighted by molar-refractivity contribution is -0.169. The van der Waals surface area contributed by atoms with Crippen LogP contribution in [0.5, 0.6) is 0 Å². The van der Waals surface area contributed by atoms with Crippen LogP contribution >= 0.6 is 0 Å². The summed E-state index contributed by atoms with van der Waals surface area (Å²) in [6, 6.07) is 0. The molecule has 2 unspecified atom stereocenters. The fourth-order valence-corrected chi connectivity index (χ4v) is 1.31. The van der Waals surface area contributed by atoms with Crippen LogP contribution < -0.4 is 0 Å². The average molecular weight is 286 g/mol. The van der Waals surface area contributed by atoms with Crippen LogP contribution in [0.2, 0.25) is 0 Å². The normalized spacial score (nSPS) is 14.3. The summed E-state index contributed by atoms with van der Waals surface area (Å²) in [7, 11) is 0. The molecule has 2 atom stereocenters. The Balaban J connectivity index is 4.12. The highest BCUT2D eigenvalue weighted by Crippen LogP contribution is 2.06. The second-order valence-corrected chi connectivity index (χ2v) is 4.73. The van der Waals surface area contributed by atoms with Gasteiger partial charge in [-0.25, -0.2) is 9.59 Å². The zero-order chi connectivity index (χ0) is 15.7. The molecule has 0 amide bonds. The topological polar surface area (TPSA) is 104 Å². The summed E-state index contributed by atoms with van der Waals surface area (Å²) >= 11 is 0. The monoisotopic (exact) mass is 286 g/mol. The van der Waals surface area contributed by atoms with E-state index >= 15 is 0 Å². The largest absolute Gasteiger partial charge is 0.479 e. The lowest BCUT2D eigenvalue weighted by Gasteiger charge is -2.12. The summed E-state index contributed by atoms with van der Waals surface area (Å²) in [6.45, 7) is 5.84. The van der Waals surface area contributed by atoms with Gasteiger partial charge in [-0.1, -0.05) is 17.2 Å². The molecule has 0 aliphatic rings. The van der Waals surface area contributed by atoms with Crippen LogP contribution in [0.1, 0.15) is 33.6 Å². The zero-order valence-electron chi connectivity index (χ0n) is 12.0. The molecule has 0 radical (unpaired) electrons. The van der Waals surface area contributed by atoms with E-state index in [0.717, 1.165) is 18.4 Å². The maximum Gasteiger partial charge on any atom is 0.338 e. The second kappa shape index (κ2) is 9.28. The molecule has 0 rings (SSSR count). The van der Waals surface area contributed by atoms with Gasteiger partial charge >= 0.3 is 11.9 Å². The third kappa shape index (κ3) is 7.70. The maximum atomic E-state index is 11.2. The smallest absolute Gasteiger partial charge is 0.338 e. The second-order valence-electron chi connectivity index (χ2n) is 4.73. The molecule has 0 aliphatic heterocycles. The number of carbonyl (C=O) groups excluding carboxylic acids is 1. The lowest BCUT2D eigenvalue weighted by Crippen LogP contribution is -2.40. The van der Waals surface area contributed by atoms with Crippen molar-refractivity contribution < 1.29 is 29.6 Å². The fourth-order valence-electron chi connectivity index (χ4n) is 1.31. The first-order valence-corrected chi connectivity index (χ1v) is 6.30. The van der Waals surface area contributed by atoms with Crippen LogP contribution in [-0.4, -0.2) is 46.1 Å². The summed E-state index contributed by atoms with van der Waals surface area (Å²) in [5, 5.41) is 26.6. The van der Waals surface area contributed by atoms with Crippen molar-refractivity contribution in [3.05, 3.63) is 23.3 Å². The van der Waals surface area contributed by atoms with Crippen LogP contribution in [0.4, 0.5) is 0 Å². The van der Waals surface area contributed by atoms with Crippen molar-refractivity contribution in [2.45, 2.75) is 45.8 Å². The van der Waals surface area contributed by atoms with Gasteiger partial charge in [0.15, 0.2) is 12.2 Å². The SMILES string of the molecule is CC(C)=CCC/C(C)=C/COC(=O)C(O)C(O)C(=O)O. The minimum Gasteiger partial charge on any atom is -0.479 e. The van der Waals surface area contributed by atoms with Crippen molar-refractivity contribution in [2.75, 3.05) is 6.61 Å². The maximum absolute atomic E-state index is 11.2. The molecule has 0 aliphatic carbocycles. The van der Waals surface area contributed by atoms with Gasteiger partial charge in [0, 0.05) is 0 Å². The summed E-state index contributed by atoms with van der Waals surface area (Å²) in [5.74, 6) is -2.84. The molecule has 3 N–H and O–H groups in total. The predicted molar refractivity (Wildman–Crippen MR) is 73.0 cm³/mol. The Morgan fingerprint density at radius 1 is 1.10 bits per heavy atom.